The summed E-state index contributed by atoms with van der Waals surface area (Å²) >= 11 is 5.72. The number of carbonyl (C=O) groups excluding carboxylic acids is 1. The molecule has 0 saturated carbocycles. The number of halogens is 2. The first-order valence-corrected chi connectivity index (χ1v) is 6.66. The van der Waals surface area contributed by atoms with Crippen LogP contribution in [-0.4, -0.2) is 23.3 Å². The Morgan fingerprint density at radius 1 is 1.50 bits per heavy atom. The van der Waals surface area contributed by atoms with Gasteiger partial charge in [-0.3, -0.25) is 4.79 Å². The number of pyridine rings is 1. The highest BCUT2D eigenvalue weighted by Gasteiger charge is 2.11. The van der Waals surface area contributed by atoms with Crippen molar-refractivity contribution in [1.29, 1.82) is 0 Å². The highest BCUT2D eigenvalue weighted by Crippen LogP contribution is 2.11. The molecule has 1 rings (SSSR count). The van der Waals surface area contributed by atoms with Gasteiger partial charge < -0.3 is 5.32 Å². The number of nitrogens with zero attached hydrogens (tertiary/aromatic N) is 1. The lowest BCUT2D eigenvalue weighted by Crippen LogP contribution is -2.30. The highest BCUT2D eigenvalue weighted by molar-refractivity contribution is 6.17. The molecule has 1 amide bonds. The molecule has 0 saturated heterocycles. The quantitative estimate of drug-likeness (QED) is 0.776. The van der Waals surface area contributed by atoms with Crippen LogP contribution in [0.15, 0.2) is 18.3 Å². The van der Waals surface area contributed by atoms with E-state index in [1.807, 2.05) is 0 Å². The molecule has 5 heteroatoms. The maximum atomic E-state index is 12.7. The molecule has 0 aliphatic carbocycles. The molecule has 0 aromatic carbocycles. The minimum absolute atomic E-state index is 0.234. The average molecular weight is 273 g/mol. The second-order valence-corrected chi connectivity index (χ2v) is 4.58. The van der Waals surface area contributed by atoms with Crippen LogP contribution in [0.2, 0.25) is 0 Å². The summed E-state index contributed by atoms with van der Waals surface area (Å²) in [5.74, 6) is 0.259. The fourth-order valence-electron chi connectivity index (χ4n) is 1.75. The molecule has 1 unspecified atom stereocenters. The molecule has 0 aliphatic rings. The molecule has 0 bridgehead atoms. The van der Waals surface area contributed by atoms with E-state index in [1.165, 1.54) is 12.1 Å². The zero-order chi connectivity index (χ0) is 13.4. The van der Waals surface area contributed by atoms with E-state index >= 15 is 0 Å². The van der Waals surface area contributed by atoms with Crippen molar-refractivity contribution in [3.63, 3.8) is 0 Å². The zero-order valence-corrected chi connectivity index (χ0v) is 11.2. The van der Waals surface area contributed by atoms with Crippen LogP contribution in [0.25, 0.3) is 0 Å². The number of amides is 1. The fraction of sp³-hybridized carbons (Fsp3) is 0.538. The Kier molecular flexibility index (Phi) is 6.65. The third-order valence-corrected chi connectivity index (χ3v) is 2.94. The molecule has 1 aromatic rings. The number of hydrogen-bond donors (Lipinski definition) is 1. The lowest BCUT2D eigenvalue weighted by Gasteiger charge is -2.15. The first-order chi connectivity index (χ1) is 8.67. The van der Waals surface area contributed by atoms with E-state index in [0.29, 0.717) is 18.3 Å². The summed E-state index contributed by atoms with van der Waals surface area (Å²) < 4.78 is 12.7. The largest absolute Gasteiger partial charge is 0.350 e. The van der Waals surface area contributed by atoms with E-state index < -0.39 is 5.82 Å². The molecule has 0 radical (unpaired) electrons. The van der Waals surface area contributed by atoms with Gasteiger partial charge in [0.1, 0.15) is 11.5 Å². The van der Waals surface area contributed by atoms with Gasteiger partial charge in [-0.1, -0.05) is 13.3 Å². The molecule has 1 aromatic heterocycles. The number of carbonyl (C=O) groups is 1. The standard InChI is InChI=1S/C13H18ClFN2O/c1-2-3-10(6-7-14)8-17-13(18)12-5-4-11(15)9-16-12/h4-5,9-10H,2-3,6-8H2,1H3,(H,17,18). The molecule has 1 heterocycles. The molecule has 1 atom stereocenters. The van der Waals surface area contributed by atoms with Crippen LogP contribution in [0.1, 0.15) is 36.7 Å². The van der Waals surface area contributed by atoms with Gasteiger partial charge in [0.05, 0.1) is 6.20 Å². The van der Waals surface area contributed by atoms with Crippen molar-refractivity contribution in [2.75, 3.05) is 12.4 Å². The van der Waals surface area contributed by atoms with E-state index in [0.717, 1.165) is 25.5 Å². The van der Waals surface area contributed by atoms with Crippen molar-refractivity contribution in [1.82, 2.24) is 10.3 Å². The summed E-state index contributed by atoms with van der Waals surface area (Å²) in [6.07, 6.45) is 4.01. The highest BCUT2D eigenvalue weighted by atomic mass is 35.5. The van der Waals surface area contributed by atoms with Gasteiger partial charge in [0.2, 0.25) is 0 Å². The van der Waals surface area contributed by atoms with Crippen LogP contribution in [0, 0.1) is 11.7 Å². The monoisotopic (exact) mass is 272 g/mol. The fourth-order valence-corrected chi connectivity index (χ4v) is 2.06. The molecule has 3 nitrogen and oxygen atoms in total. The van der Waals surface area contributed by atoms with Crippen LogP contribution in [0.5, 0.6) is 0 Å². The van der Waals surface area contributed by atoms with E-state index in [2.05, 4.69) is 17.2 Å². The zero-order valence-electron chi connectivity index (χ0n) is 10.5. The van der Waals surface area contributed by atoms with Crippen LogP contribution in [0.4, 0.5) is 4.39 Å². The van der Waals surface area contributed by atoms with Gasteiger partial charge in [0, 0.05) is 12.4 Å². The Labute approximate surface area is 112 Å². The summed E-state index contributed by atoms with van der Waals surface area (Å²) in [5, 5.41) is 2.81. The van der Waals surface area contributed by atoms with Gasteiger partial charge in [0.15, 0.2) is 0 Å². The number of aromatic nitrogens is 1. The number of rotatable bonds is 7. The van der Waals surface area contributed by atoms with Gasteiger partial charge in [-0.15, -0.1) is 11.6 Å². The van der Waals surface area contributed by atoms with Gasteiger partial charge in [0.25, 0.3) is 5.91 Å². The van der Waals surface area contributed by atoms with Crippen molar-refractivity contribution in [2.45, 2.75) is 26.2 Å². The summed E-state index contributed by atoms with van der Waals surface area (Å²) in [5.41, 5.74) is 0.234. The van der Waals surface area contributed by atoms with Crippen molar-refractivity contribution >= 4 is 17.5 Å². The van der Waals surface area contributed by atoms with Crippen molar-refractivity contribution < 1.29 is 9.18 Å². The molecular formula is C13H18ClFN2O. The summed E-state index contributed by atoms with van der Waals surface area (Å²) in [6, 6.07) is 2.60. The smallest absolute Gasteiger partial charge is 0.269 e. The first-order valence-electron chi connectivity index (χ1n) is 6.13. The molecular weight excluding hydrogens is 255 g/mol. The number of nitrogens with one attached hydrogen (secondary N) is 1. The van der Waals surface area contributed by atoms with Crippen LogP contribution in [-0.2, 0) is 0 Å². The molecule has 1 N–H and O–H groups in total. The second kappa shape index (κ2) is 8.03. The van der Waals surface area contributed by atoms with Crippen molar-refractivity contribution in [3.05, 3.63) is 29.8 Å². The van der Waals surface area contributed by atoms with E-state index in [9.17, 15) is 9.18 Å². The number of alkyl halides is 1. The van der Waals surface area contributed by atoms with Gasteiger partial charge in [-0.05, 0) is 30.9 Å². The predicted octanol–water partition coefficient (Wildman–Crippen LogP) is 3.00. The normalized spacial score (nSPS) is 12.2. The van der Waals surface area contributed by atoms with Crippen molar-refractivity contribution in [2.24, 2.45) is 5.92 Å². The Morgan fingerprint density at radius 2 is 2.28 bits per heavy atom. The van der Waals surface area contributed by atoms with Crippen LogP contribution < -0.4 is 5.32 Å². The van der Waals surface area contributed by atoms with E-state index in [-0.39, 0.29) is 11.6 Å². The lowest BCUT2D eigenvalue weighted by molar-refractivity contribution is 0.0941. The predicted molar refractivity (Wildman–Crippen MR) is 70.3 cm³/mol. The minimum atomic E-state index is -0.447. The van der Waals surface area contributed by atoms with Gasteiger partial charge in [-0.2, -0.15) is 0 Å². The Hall–Kier alpha value is -1.16. The lowest BCUT2D eigenvalue weighted by atomic mass is 10.0. The van der Waals surface area contributed by atoms with Crippen LogP contribution >= 0.6 is 11.6 Å². The minimum Gasteiger partial charge on any atom is -0.350 e. The molecule has 18 heavy (non-hydrogen) atoms. The summed E-state index contributed by atoms with van der Waals surface area (Å²) in [6.45, 7) is 2.68. The third-order valence-electron chi connectivity index (χ3n) is 2.73. The summed E-state index contributed by atoms with van der Waals surface area (Å²) in [4.78, 5) is 15.5. The maximum Gasteiger partial charge on any atom is 0.269 e. The molecule has 100 valence electrons. The summed E-state index contributed by atoms with van der Waals surface area (Å²) in [7, 11) is 0. The van der Waals surface area contributed by atoms with Crippen LogP contribution in [0.3, 0.4) is 0 Å². The number of hydrogen-bond acceptors (Lipinski definition) is 2. The van der Waals surface area contributed by atoms with E-state index in [1.54, 1.807) is 0 Å². The third kappa shape index (κ3) is 5.00. The van der Waals surface area contributed by atoms with Gasteiger partial charge in [-0.25, -0.2) is 9.37 Å². The Morgan fingerprint density at radius 3 is 2.83 bits per heavy atom. The topological polar surface area (TPSA) is 42.0 Å². The second-order valence-electron chi connectivity index (χ2n) is 4.20. The average Bonchev–Trinajstić information content (AvgIpc) is 2.37. The first kappa shape index (κ1) is 14.9. The van der Waals surface area contributed by atoms with E-state index in [4.69, 9.17) is 11.6 Å². The molecule has 0 spiro atoms. The van der Waals surface area contributed by atoms with Gasteiger partial charge >= 0.3 is 0 Å². The Balaban J connectivity index is 2.46. The Bertz CT molecular complexity index is 364. The molecule has 0 aliphatic heterocycles. The maximum absolute atomic E-state index is 12.7. The SMILES string of the molecule is CCCC(CCCl)CNC(=O)c1ccc(F)cn1. The van der Waals surface area contributed by atoms with Crippen molar-refractivity contribution in [3.8, 4) is 0 Å². The molecule has 0 fully saturated rings.